The van der Waals surface area contributed by atoms with Gasteiger partial charge < -0.3 is 10.0 Å². The van der Waals surface area contributed by atoms with Gasteiger partial charge in [0.05, 0.1) is 6.10 Å². The third-order valence-corrected chi connectivity index (χ3v) is 4.46. The lowest BCUT2D eigenvalue weighted by molar-refractivity contribution is -0.131. The highest BCUT2D eigenvalue weighted by molar-refractivity contribution is 5.92. The molecule has 3 nitrogen and oxygen atoms in total. The average molecular weight is 271 g/mol. The minimum Gasteiger partial charge on any atom is -0.393 e. The monoisotopic (exact) mass is 271 g/mol. The highest BCUT2D eigenvalue weighted by Gasteiger charge is 2.41. The van der Waals surface area contributed by atoms with Gasteiger partial charge in [-0.1, -0.05) is 29.8 Å². The van der Waals surface area contributed by atoms with Gasteiger partial charge in [-0.15, -0.1) is 0 Å². The van der Waals surface area contributed by atoms with E-state index in [0.29, 0.717) is 0 Å². The highest BCUT2D eigenvalue weighted by Crippen LogP contribution is 2.35. The Balaban J connectivity index is 1.69. The molecule has 2 saturated heterocycles. The van der Waals surface area contributed by atoms with Gasteiger partial charge in [-0.05, 0) is 44.2 Å². The van der Waals surface area contributed by atoms with Gasteiger partial charge in [0.25, 0.3) is 0 Å². The molecule has 1 aromatic carbocycles. The SMILES string of the molecule is Cc1ccc(C=CC(=O)N2C3CCC2CC(O)C3)cc1. The highest BCUT2D eigenvalue weighted by atomic mass is 16.3. The van der Waals surface area contributed by atoms with Crippen molar-refractivity contribution in [1.82, 2.24) is 4.90 Å². The standard InChI is InChI=1S/C17H21NO2/c1-12-2-4-13(5-3-12)6-9-17(20)18-14-7-8-15(18)11-16(19)10-14/h2-6,9,14-16,19H,7-8,10-11H2,1H3. The van der Waals surface area contributed by atoms with Crippen LogP contribution in [-0.2, 0) is 4.79 Å². The summed E-state index contributed by atoms with van der Waals surface area (Å²) >= 11 is 0. The summed E-state index contributed by atoms with van der Waals surface area (Å²) in [6.07, 6.45) is 6.87. The van der Waals surface area contributed by atoms with Crippen LogP contribution in [0.4, 0.5) is 0 Å². The zero-order valence-corrected chi connectivity index (χ0v) is 11.8. The topological polar surface area (TPSA) is 40.5 Å². The van der Waals surface area contributed by atoms with E-state index in [2.05, 4.69) is 6.92 Å². The number of fused-ring (bicyclic) bond motifs is 2. The summed E-state index contributed by atoms with van der Waals surface area (Å²) in [5.41, 5.74) is 2.27. The van der Waals surface area contributed by atoms with Crippen molar-refractivity contribution in [3.63, 3.8) is 0 Å². The minimum atomic E-state index is -0.224. The summed E-state index contributed by atoms with van der Waals surface area (Å²) < 4.78 is 0. The lowest BCUT2D eigenvalue weighted by atomic mass is 10.00. The third-order valence-electron chi connectivity index (χ3n) is 4.46. The van der Waals surface area contributed by atoms with Crippen LogP contribution in [0.3, 0.4) is 0 Å². The molecule has 2 fully saturated rings. The fourth-order valence-corrected chi connectivity index (χ4v) is 3.44. The molecule has 2 heterocycles. The zero-order valence-electron chi connectivity index (χ0n) is 11.8. The van der Waals surface area contributed by atoms with E-state index in [4.69, 9.17) is 0 Å². The lowest BCUT2D eigenvalue weighted by Gasteiger charge is -2.36. The number of nitrogens with zero attached hydrogens (tertiary/aromatic N) is 1. The number of aliphatic hydroxyl groups excluding tert-OH is 1. The number of rotatable bonds is 2. The summed E-state index contributed by atoms with van der Waals surface area (Å²) in [4.78, 5) is 14.3. The molecule has 1 N–H and O–H groups in total. The van der Waals surface area contributed by atoms with Crippen LogP contribution >= 0.6 is 0 Å². The maximum Gasteiger partial charge on any atom is 0.247 e. The Morgan fingerprint density at radius 2 is 1.80 bits per heavy atom. The van der Waals surface area contributed by atoms with E-state index in [1.807, 2.05) is 35.2 Å². The Kier molecular flexibility index (Phi) is 3.62. The number of hydrogen-bond donors (Lipinski definition) is 1. The molecular formula is C17H21NO2. The van der Waals surface area contributed by atoms with Crippen LogP contribution in [0.25, 0.3) is 6.08 Å². The van der Waals surface area contributed by atoms with Crippen LogP contribution in [0, 0.1) is 6.92 Å². The number of hydrogen-bond acceptors (Lipinski definition) is 2. The van der Waals surface area contributed by atoms with Gasteiger partial charge in [0.15, 0.2) is 0 Å². The molecule has 0 saturated carbocycles. The van der Waals surface area contributed by atoms with E-state index < -0.39 is 0 Å². The van der Waals surface area contributed by atoms with Crippen molar-refractivity contribution < 1.29 is 9.90 Å². The van der Waals surface area contributed by atoms with Crippen molar-refractivity contribution in [2.75, 3.05) is 0 Å². The third kappa shape index (κ3) is 2.63. The number of amides is 1. The van der Waals surface area contributed by atoms with Gasteiger partial charge in [-0.3, -0.25) is 4.79 Å². The Hall–Kier alpha value is -1.61. The first-order chi connectivity index (χ1) is 9.63. The molecule has 106 valence electrons. The molecule has 3 rings (SSSR count). The maximum atomic E-state index is 12.4. The molecular weight excluding hydrogens is 250 g/mol. The number of piperidine rings is 1. The first-order valence-electron chi connectivity index (χ1n) is 7.38. The normalized spacial score (nSPS) is 29.1. The number of aliphatic hydroxyl groups is 1. The van der Waals surface area contributed by atoms with Crippen molar-refractivity contribution in [2.24, 2.45) is 0 Å². The molecule has 0 spiro atoms. The Morgan fingerprint density at radius 3 is 2.40 bits per heavy atom. The predicted octanol–water partition coefficient (Wildman–Crippen LogP) is 2.52. The van der Waals surface area contributed by atoms with Crippen LogP contribution in [0.15, 0.2) is 30.3 Å². The molecule has 1 amide bonds. The Morgan fingerprint density at radius 1 is 1.20 bits per heavy atom. The fraction of sp³-hybridized carbons (Fsp3) is 0.471. The number of carbonyl (C=O) groups excluding carboxylic acids is 1. The molecule has 20 heavy (non-hydrogen) atoms. The van der Waals surface area contributed by atoms with Crippen molar-refractivity contribution >= 4 is 12.0 Å². The van der Waals surface area contributed by atoms with Gasteiger partial charge in [0.1, 0.15) is 0 Å². The quantitative estimate of drug-likeness (QED) is 0.840. The fourth-order valence-electron chi connectivity index (χ4n) is 3.44. The van der Waals surface area contributed by atoms with E-state index in [1.54, 1.807) is 6.08 Å². The van der Waals surface area contributed by atoms with Crippen molar-refractivity contribution in [1.29, 1.82) is 0 Å². The van der Waals surface area contributed by atoms with Crippen molar-refractivity contribution in [3.8, 4) is 0 Å². The van der Waals surface area contributed by atoms with Gasteiger partial charge >= 0.3 is 0 Å². The van der Waals surface area contributed by atoms with Crippen molar-refractivity contribution in [2.45, 2.75) is 50.8 Å². The van der Waals surface area contributed by atoms with E-state index in [0.717, 1.165) is 31.2 Å². The smallest absolute Gasteiger partial charge is 0.247 e. The molecule has 1 aromatic rings. The molecule has 2 bridgehead atoms. The van der Waals surface area contributed by atoms with Gasteiger partial charge in [-0.2, -0.15) is 0 Å². The van der Waals surface area contributed by atoms with Crippen LogP contribution in [-0.4, -0.2) is 34.1 Å². The first-order valence-corrected chi connectivity index (χ1v) is 7.38. The zero-order chi connectivity index (χ0) is 14.1. The van der Waals surface area contributed by atoms with Crippen LogP contribution in [0.5, 0.6) is 0 Å². The molecule has 0 aliphatic carbocycles. The van der Waals surface area contributed by atoms with Crippen LogP contribution < -0.4 is 0 Å². The van der Waals surface area contributed by atoms with Gasteiger partial charge in [0.2, 0.25) is 5.91 Å². The van der Waals surface area contributed by atoms with Gasteiger partial charge in [-0.25, -0.2) is 0 Å². The Bertz CT molecular complexity index is 506. The second-order valence-electron chi connectivity index (χ2n) is 6.00. The van der Waals surface area contributed by atoms with Crippen molar-refractivity contribution in [3.05, 3.63) is 41.5 Å². The minimum absolute atomic E-state index is 0.0879. The second kappa shape index (κ2) is 5.41. The molecule has 2 atom stereocenters. The molecule has 0 aromatic heterocycles. The molecule has 2 unspecified atom stereocenters. The van der Waals surface area contributed by atoms with Crippen LogP contribution in [0.1, 0.15) is 36.8 Å². The number of benzene rings is 1. The van der Waals surface area contributed by atoms with Crippen LogP contribution in [0.2, 0.25) is 0 Å². The van der Waals surface area contributed by atoms with E-state index in [-0.39, 0.29) is 24.1 Å². The summed E-state index contributed by atoms with van der Waals surface area (Å²) in [5, 5.41) is 9.77. The number of aryl methyl sites for hydroxylation is 1. The average Bonchev–Trinajstić information content (AvgIpc) is 2.70. The molecule has 0 radical (unpaired) electrons. The maximum absolute atomic E-state index is 12.4. The Labute approximate surface area is 119 Å². The molecule has 2 aliphatic heterocycles. The van der Waals surface area contributed by atoms with Gasteiger partial charge in [0, 0.05) is 18.2 Å². The largest absolute Gasteiger partial charge is 0.393 e. The van der Waals surface area contributed by atoms with E-state index >= 15 is 0 Å². The predicted molar refractivity (Wildman–Crippen MR) is 79.1 cm³/mol. The van der Waals surface area contributed by atoms with E-state index in [9.17, 15) is 9.90 Å². The number of carbonyl (C=O) groups is 1. The first kappa shape index (κ1) is 13.4. The molecule has 2 aliphatic rings. The molecule has 3 heteroatoms. The second-order valence-corrected chi connectivity index (χ2v) is 6.00. The summed E-state index contributed by atoms with van der Waals surface area (Å²) in [6, 6.07) is 8.61. The lowest BCUT2D eigenvalue weighted by Crippen LogP contribution is -2.47. The summed E-state index contributed by atoms with van der Waals surface area (Å²) in [6.45, 7) is 2.05. The summed E-state index contributed by atoms with van der Waals surface area (Å²) in [7, 11) is 0. The van der Waals surface area contributed by atoms with E-state index in [1.165, 1.54) is 5.56 Å². The summed E-state index contributed by atoms with van der Waals surface area (Å²) in [5.74, 6) is 0.0879.